The summed E-state index contributed by atoms with van der Waals surface area (Å²) in [6.45, 7) is 0.240. The highest BCUT2D eigenvalue weighted by molar-refractivity contribution is 6.32. The molecule has 7 heteroatoms. The number of carbonyl (C=O) groups excluding carboxylic acids is 2. The van der Waals surface area contributed by atoms with Gasteiger partial charge in [-0.1, -0.05) is 103 Å². The van der Waals surface area contributed by atoms with Crippen molar-refractivity contribution in [3.63, 3.8) is 0 Å². The number of carbonyl (C=O) groups is 2. The van der Waals surface area contributed by atoms with E-state index in [1.54, 1.807) is 36.3 Å². The Bertz CT molecular complexity index is 1360. The Kier molecular flexibility index (Phi) is 9.98. The Labute approximate surface area is 234 Å². The third kappa shape index (κ3) is 7.85. The van der Waals surface area contributed by atoms with Crippen molar-refractivity contribution < 1.29 is 19.1 Å². The van der Waals surface area contributed by atoms with Gasteiger partial charge in [0, 0.05) is 25.1 Å². The smallest absolute Gasteiger partial charge is 0.261 e. The summed E-state index contributed by atoms with van der Waals surface area (Å²) >= 11 is 6.24. The van der Waals surface area contributed by atoms with Gasteiger partial charge in [-0.2, -0.15) is 0 Å². The van der Waals surface area contributed by atoms with Gasteiger partial charge in [0.15, 0.2) is 6.61 Å². The lowest BCUT2D eigenvalue weighted by Gasteiger charge is -2.31. The minimum absolute atomic E-state index is 0.241. The molecule has 200 valence electrons. The molecule has 0 spiro atoms. The van der Waals surface area contributed by atoms with E-state index in [0.717, 1.165) is 16.7 Å². The minimum Gasteiger partial charge on any atom is -0.496 e. The molecule has 1 N–H and O–H groups in total. The SMILES string of the molecule is COc1ccccc1CNC(=O)[C@H](Cc1ccccc1)N(Cc1ccccc1)C(=O)COc1ccccc1Cl. The molecule has 2 amide bonds. The molecule has 39 heavy (non-hydrogen) atoms. The van der Waals surface area contributed by atoms with Gasteiger partial charge in [0.25, 0.3) is 5.91 Å². The van der Waals surface area contributed by atoms with Crippen LogP contribution in [-0.2, 0) is 29.1 Å². The van der Waals surface area contributed by atoms with Gasteiger partial charge >= 0.3 is 0 Å². The van der Waals surface area contributed by atoms with Crippen LogP contribution in [0.25, 0.3) is 0 Å². The first kappa shape index (κ1) is 27.7. The fraction of sp³-hybridized carbons (Fsp3) is 0.188. The first-order valence-corrected chi connectivity index (χ1v) is 13.1. The van der Waals surface area contributed by atoms with Crippen molar-refractivity contribution in [3.8, 4) is 11.5 Å². The number of benzene rings is 4. The molecule has 0 unspecified atom stereocenters. The van der Waals surface area contributed by atoms with Crippen LogP contribution in [-0.4, -0.2) is 36.5 Å². The first-order chi connectivity index (χ1) is 19.0. The van der Waals surface area contributed by atoms with Crippen LogP contribution < -0.4 is 14.8 Å². The Hall–Kier alpha value is -4.29. The monoisotopic (exact) mass is 542 g/mol. The zero-order valence-electron chi connectivity index (χ0n) is 21.8. The number of halogens is 1. The van der Waals surface area contributed by atoms with Gasteiger partial charge in [-0.05, 0) is 29.3 Å². The van der Waals surface area contributed by atoms with E-state index in [0.29, 0.717) is 22.9 Å². The second kappa shape index (κ2) is 14.0. The Balaban J connectivity index is 1.61. The van der Waals surface area contributed by atoms with E-state index in [9.17, 15) is 9.59 Å². The maximum atomic E-state index is 13.8. The van der Waals surface area contributed by atoms with Crippen molar-refractivity contribution in [3.05, 3.63) is 131 Å². The second-order valence-corrected chi connectivity index (χ2v) is 9.37. The minimum atomic E-state index is -0.787. The Morgan fingerprint density at radius 1 is 0.795 bits per heavy atom. The highest BCUT2D eigenvalue weighted by atomic mass is 35.5. The highest BCUT2D eigenvalue weighted by Gasteiger charge is 2.31. The summed E-state index contributed by atoms with van der Waals surface area (Å²) in [5, 5.41) is 3.44. The van der Waals surface area contributed by atoms with Gasteiger partial charge in [-0.3, -0.25) is 9.59 Å². The normalized spacial score (nSPS) is 11.3. The molecule has 4 aromatic carbocycles. The number of methoxy groups -OCH3 is 1. The zero-order valence-corrected chi connectivity index (χ0v) is 22.5. The number of ether oxygens (including phenoxy) is 2. The van der Waals surface area contributed by atoms with Gasteiger partial charge in [-0.25, -0.2) is 0 Å². The molecule has 0 aliphatic heterocycles. The molecular weight excluding hydrogens is 512 g/mol. The lowest BCUT2D eigenvalue weighted by Crippen LogP contribution is -2.51. The maximum Gasteiger partial charge on any atom is 0.261 e. The number of nitrogens with one attached hydrogen (secondary N) is 1. The summed E-state index contributed by atoms with van der Waals surface area (Å²) in [6.07, 6.45) is 0.337. The van der Waals surface area contributed by atoms with Crippen LogP contribution in [0.5, 0.6) is 11.5 Å². The van der Waals surface area contributed by atoms with Crippen LogP contribution in [0.2, 0.25) is 5.02 Å². The molecule has 0 heterocycles. The third-order valence-electron chi connectivity index (χ3n) is 6.30. The summed E-state index contributed by atoms with van der Waals surface area (Å²) in [7, 11) is 1.60. The fourth-order valence-corrected chi connectivity index (χ4v) is 4.46. The maximum absolute atomic E-state index is 13.8. The second-order valence-electron chi connectivity index (χ2n) is 8.96. The van der Waals surface area contributed by atoms with Gasteiger partial charge in [-0.15, -0.1) is 0 Å². The highest BCUT2D eigenvalue weighted by Crippen LogP contribution is 2.24. The summed E-state index contributed by atoms with van der Waals surface area (Å²) in [6, 6.07) is 33.0. The van der Waals surface area contributed by atoms with E-state index in [1.165, 1.54) is 0 Å². The molecule has 0 aliphatic carbocycles. The average molecular weight is 543 g/mol. The van der Waals surface area contributed by atoms with E-state index < -0.39 is 6.04 Å². The van der Waals surface area contributed by atoms with E-state index in [1.807, 2.05) is 84.9 Å². The summed E-state index contributed by atoms with van der Waals surface area (Å²) in [5.74, 6) is 0.495. The fourth-order valence-electron chi connectivity index (χ4n) is 4.27. The Morgan fingerprint density at radius 2 is 1.38 bits per heavy atom. The largest absolute Gasteiger partial charge is 0.496 e. The third-order valence-corrected chi connectivity index (χ3v) is 6.61. The molecule has 6 nitrogen and oxygen atoms in total. The van der Waals surface area contributed by atoms with Crippen LogP contribution in [0.3, 0.4) is 0 Å². The van der Waals surface area contributed by atoms with Crippen LogP contribution in [0, 0.1) is 0 Å². The first-order valence-electron chi connectivity index (χ1n) is 12.7. The number of amides is 2. The molecule has 0 fully saturated rings. The number of rotatable bonds is 12. The van der Waals surface area contributed by atoms with Gasteiger partial charge in [0.05, 0.1) is 12.1 Å². The van der Waals surface area contributed by atoms with Crippen molar-refractivity contribution in [2.24, 2.45) is 0 Å². The van der Waals surface area contributed by atoms with E-state index >= 15 is 0 Å². The quantitative estimate of drug-likeness (QED) is 0.250. The average Bonchev–Trinajstić information content (AvgIpc) is 2.98. The topological polar surface area (TPSA) is 67.9 Å². The number of hydrogen-bond donors (Lipinski definition) is 1. The summed E-state index contributed by atoms with van der Waals surface area (Å²) in [4.78, 5) is 29.1. The molecule has 1 atom stereocenters. The van der Waals surface area contributed by atoms with Crippen LogP contribution in [0.4, 0.5) is 0 Å². The van der Waals surface area contributed by atoms with Gasteiger partial charge in [0.2, 0.25) is 5.91 Å². The molecule has 0 bridgehead atoms. The predicted octanol–water partition coefficient (Wildman–Crippen LogP) is 5.68. The van der Waals surface area contributed by atoms with Crippen molar-refractivity contribution in [1.29, 1.82) is 0 Å². The van der Waals surface area contributed by atoms with Crippen molar-refractivity contribution in [1.82, 2.24) is 10.2 Å². The zero-order chi connectivity index (χ0) is 27.5. The standard InChI is InChI=1S/C32H31ClN2O4/c1-38-29-18-10-8-16-26(29)21-34-32(37)28(20-24-12-4-2-5-13-24)35(22-25-14-6-3-7-15-25)31(36)23-39-30-19-11-9-17-27(30)33/h2-19,28H,20-23H2,1H3,(H,34,37)/t28-/m0/s1. The van der Waals surface area contributed by atoms with E-state index in [4.69, 9.17) is 21.1 Å². The van der Waals surface area contributed by atoms with Crippen LogP contribution in [0.1, 0.15) is 16.7 Å². The summed E-state index contributed by atoms with van der Waals surface area (Å²) < 4.78 is 11.2. The predicted molar refractivity (Wildman–Crippen MR) is 153 cm³/mol. The van der Waals surface area contributed by atoms with Gasteiger partial charge < -0.3 is 19.7 Å². The van der Waals surface area contributed by atoms with Crippen LogP contribution in [0.15, 0.2) is 109 Å². The molecule has 0 radical (unpaired) electrons. The van der Waals surface area contributed by atoms with Crippen LogP contribution >= 0.6 is 11.6 Å². The number of nitrogens with zero attached hydrogens (tertiary/aromatic N) is 1. The molecule has 4 aromatic rings. The van der Waals surface area contributed by atoms with E-state index in [-0.39, 0.29) is 31.5 Å². The molecule has 0 saturated carbocycles. The van der Waals surface area contributed by atoms with Crippen molar-refractivity contribution >= 4 is 23.4 Å². The lowest BCUT2D eigenvalue weighted by atomic mass is 10.0. The summed E-state index contributed by atoms with van der Waals surface area (Å²) in [5.41, 5.74) is 2.68. The number of hydrogen-bond acceptors (Lipinski definition) is 4. The molecule has 0 aromatic heterocycles. The molecule has 0 aliphatic rings. The molecule has 0 saturated heterocycles. The molecular formula is C32H31ClN2O4. The van der Waals surface area contributed by atoms with Crippen molar-refractivity contribution in [2.45, 2.75) is 25.6 Å². The van der Waals surface area contributed by atoms with Crippen molar-refractivity contribution in [2.75, 3.05) is 13.7 Å². The number of para-hydroxylation sites is 2. The Morgan fingerprint density at radius 3 is 2.05 bits per heavy atom. The van der Waals surface area contributed by atoms with Gasteiger partial charge in [0.1, 0.15) is 17.5 Å². The van der Waals surface area contributed by atoms with E-state index in [2.05, 4.69) is 5.32 Å². The lowest BCUT2D eigenvalue weighted by molar-refractivity contribution is -0.142. The molecule has 4 rings (SSSR count).